The first kappa shape index (κ1) is 18.9. The van der Waals surface area contributed by atoms with Crippen molar-refractivity contribution in [3.8, 4) is 0 Å². The lowest BCUT2D eigenvalue weighted by Gasteiger charge is -2.33. The molecule has 8 heteroatoms. The molecule has 1 atom stereocenters. The van der Waals surface area contributed by atoms with Crippen molar-refractivity contribution in [2.75, 3.05) is 11.3 Å². The molecule has 0 aromatic heterocycles. The van der Waals surface area contributed by atoms with Gasteiger partial charge in [-0.2, -0.15) is 0 Å². The van der Waals surface area contributed by atoms with Gasteiger partial charge in [0.15, 0.2) is 0 Å². The number of hydrogen-bond acceptors (Lipinski definition) is 4. The molecule has 7 nitrogen and oxygen atoms in total. The Balaban J connectivity index is 1.78. The number of amides is 1. The van der Waals surface area contributed by atoms with Gasteiger partial charge in [-0.05, 0) is 55.7 Å². The Morgan fingerprint density at radius 2 is 1.67 bits per heavy atom. The molecule has 27 heavy (non-hydrogen) atoms. The van der Waals surface area contributed by atoms with E-state index in [1.54, 1.807) is 30.3 Å². The largest absolute Gasteiger partial charge is 0.480 e. The van der Waals surface area contributed by atoms with E-state index in [4.69, 9.17) is 0 Å². The second-order valence-electron chi connectivity index (χ2n) is 6.34. The number of rotatable bonds is 5. The zero-order valence-electron chi connectivity index (χ0n) is 14.5. The number of sulfonamides is 1. The van der Waals surface area contributed by atoms with Crippen LogP contribution in [0.2, 0.25) is 0 Å². The summed E-state index contributed by atoms with van der Waals surface area (Å²) in [4.78, 5) is 25.4. The third kappa shape index (κ3) is 4.28. The SMILES string of the molecule is O=C(O)C1CCCCN1C(=O)c1ccc(S(=O)(=O)Nc2ccccc2)cc1. The van der Waals surface area contributed by atoms with E-state index >= 15 is 0 Å². The first-order chi connectivity index (χ1) is 12.9. The minimum absolute atomic E-state index is 0.0244. The van der Waals surface area contributed by atoms with Crippen LogP contribution in [0.1, 0.15) is 29.6 Å². The lowest BCUT2D eigenvalue weighted by atomic mass is 10.0. The van der Waals surface area contributed by atoms with Crippen LogP contribution < -0.4 is 4.72 Å². The lowest BCUT2D eigenvalue weighted by Crippen LogP contribution is -2.47. The molecule has 2 N–H and O–H groups in total. The van der Waals surface area contributed by atoms with Gasteiger partial charge < -0.3 is 10.0 Å². The predicted octanol–water partition coefficient (Wildman–Crippen LogP) is 2.57. The molecule has 3 rings (SSSR count). The second-order valence-corrected chi connectivity index (χ2v) is 8.03. The summed E-state index contributed by atoms with van der Waals surface area (Å²) in [5.41, 5.74) is 0.706. The quantitative estimate of drug-likeness (QED) is 0.819. The molecule has 0 spiro atoms. The maximum atomic E-state index is 12.7. The predicted molar refractivity (Wildman–Crippen MR) is 100 cm³/mol. The van der Waals surface area contributed by atoms with Crippen molar-refractivity contribution in [2.45, 2.75) is 30.2 Å². The third-order valence-electron chi connectivity index (χ3n) is 4.49. The highest BCUT2D eigenvalue weighted by Crippen LogP contribution is 2.21. The van der Waals surface area contributed by atoms with Gasteiger partial charge in [-0.3, -0.25) is 9.52 Å². The molecule has 1 aliphatic heterocycles. The van der Waals surface area contributed by atoms with E-state index in [1.165, 1.54) is 29.2 Å². The topological polar surface area (TPSA) is 104 Å². The van der Waals surface area contributed by atoms with Gasteiger partial charge in [0.2, 0.25) is 0 Å². The van der Waals surface area contributed by atoms with Gasteiger partial charge in [-0.25, -0.2) is 13.2 Å². The van der Waals surface area contributed by atoms with Crippen LogP contribution in [0.5, 0.6) is 0 Å². The monoisotopic (exact) mass is 388 g/mol. The van der Waals surface area contributed by atoms with Gasteiger partial charge in [0.25, 0.3) is 15.9 Å². The summed E-state index contributed by atoms with van der Waals surface area (Å²) in [6.45, 7) is 0.380. The highest BCUT2D eigenvalue weighted by Gasteiger charge is 2.32. The summed E-state index contributed by atoms with van der Waals surface area (Å²) in [6.07, 6.45) is 1.95. The van der Waals surface area contributed by atoms with Crippen LogP contribution in [0.25, 0.3) is 0 Å². The number of carbonyl (C=O) groups is 2. The minimum Gasteiger partial charge on any atom is -0.480 e. The summed E-state index contributed by atoms with van der Waals surface area (Å²) in [5.74, 6) is -1.42. The minimum atomic E-state index is -3.77. The number of carbonyl (C=O) groups excluding carboxylic acids is 1. The number of para-hydroxylation sites is 1. The molecule has 1 aliphatic rings. The average molecular weight is 388 g/mol. The standard InChI is InChI=1S/C19H20N2O5S/c22-18(21-13-5-4-8-17(21)19(23)24)14-9-11-16(12-10-14)27(25,26)20-15-6-2-1-3-7-15/h1-3,6-7,9-12,17,20H,4-5,8,13H2,(H,23,24). The number of nitrogens with zero attached hydrogens (tertiary/aromatic N) is 1. The van der Waals surface area contributed by atoms with E-state index in [0.29, 0.717) is 18.7 Å². The van der Waals surface area contributed by atoms with Crippen LogP contribution in [-0.2, 0) is 14.8 Å². The Kier molecular flexibility index (Phi) is 5.46. The number of aliphatic carboxylic acids is 1. The van der Waals surface area contributed by atoms with E-state index in [-0.39, 0.29) is 10.5 Å². The Bertz CT molecular complexity index is 926. The molecular formula is C19H20N2O5S. The number of piperidine rings is 1. The van der Waals surface area contributed by atoms with Crippen LogP contribution in [0.4, 0.5) is 5.69 Å². The van der Waals surface area contributed by atoms with E-state index in [9.17, 15) is 23.1 Å². The number of nitrogens with one attached hydrogen (secondary N) is 1. The first-order valence-electron chi connectivity index (χ1n) is 8.60. The van der Waals surface area contributed by atoms with Crippen LogP contribution >= 0.6 is 0 Å². The average Bonchev–Trinajstić information content (AvgIpc) is 2.68. The summed E-state index contributed by atoms with van der Waals surface area (Å²) >= 11 is 0. The highest BCUT2D eigenvalue weighted by molar-refractivity contribution is 7.92. The summed E-state index contributed by atoms with van der Waals surface area (Å²) in [6, 6.07) is 13.2. The van der Waals surface area contributed by atoms with E-state index in [1.807, 2.05) is 0 Å². The van der Waals surface area contributed by atoms with E-state index in [2.05, 4.69) is 4.72 Å². The van der Waals surface area contributed by atoms with Crippen molar-refractivity contribution in [1.82, 2.24) is 4.90 Å². The Labute approximate surface area is 157 Å². The Morgan fingerprint density at radius 1 is 1.00 bits per heavy atom. The zero-order chi connectivity index (χ0) is 19.4. The van der Waals surface area contributed by atoms with Crippen LogP contribution in [-0.4, -0.2) is 42.9 Å². The maximum Gasteiger partial charge on any atom is 0.326 e. The van der Waals surface area contributed by atoms with Crippen molar-refractivity contribution >= 4 is 27.6 Å². The molecule has 1 fully saturated rings. The Morgan fingerprint density at radius 3 is 2.30 bits per heavy atom. The van der Waals surface area contributed by atoms with Crippen molar-refractivity contribution in [3.05, 3.63) is 60.2 Å². The molecule has 1 saturated heterocycles. The maximum absolute atomic E-state index is 12.7. The normalized spacial score (nSPS) is 17.3. The second kappa shape index (κ2) is 7.79. The summed E-state index contributed by atoms with van der Waals surface area (Å²) in [7, 11) is -3.77. The van der Waals surface area contributed by atoms with Gasteiger partial charge in [-0.15, -0.1) is 0 Å². The smallest absolute Gasteiger partial charge is 0.326 e. The third-order valence-corrected chi connectivity index (χ3v) is 5.88. The lowest BCUT2D eigenvalue weighted by molar-refractivity contribution is -0.143. The molecule has 1 heterocycles. The van der Waals surface area contributed by atoms with Gasteiger partial charge >= 0.3 is 5.97 Å². The van der Waals surface area contributed by atoms with Gasteiger partial charge in [0.1, 0.15) is 6.04 Å². The fourth-order valence-electron chi connectivity index (χ4n) is 3.09. The van der Waals surface area contributed by atoms with Gasteiger partial charge in [0.05, 0.1) is 4.90 Å². The molecule has 1 unspecified atom stereocenters. The molecule has 0 bridgehead atoms. The van der Waals surface area contributed by atoms with E-state index in [0.717, 1.165) is 12.8 Å². The van der Waals surface area contributed by atoms with Crippen molar-refractivity contribution < 1.29 is 23.1 Å². The number of carboxylic acids is 1. The number of hydrogen-bond donors (Lipinski definition) is 2. The number of benzene rings is 2. The zero-order valence-corrected chi connectivity index (χ0v) is 15.4. The molecule has 2 aromatic carbocycles. The fraction of sp³-hybridized carbons (Fsp3) is 0.263. The van der Waals surface area contributed by atoms with Gasteiger partial charge in [0, 0.05) is 17.8 Å². The fourth-order valence-corrected chi connectivity index (χ4v) is 4.15. The van der Waals surface area contributed by atoms with Crippen molar-refractivity contribution in [3.63, 3.8) is 0 Å². The first-order valence-corrected chi connectivity index (χ1v) is 10.1. The number of likely N-dealkylation sites (tertiary alicyclic amines) is 1. The van der Waals surface area contributed by atoms with Crippen LogP contribution in [0, 0.1) is 0 Å². The number of anilines is 1. The number of carboxylic acid groups (broad SMARTS) is 1. The molecule has 0 aliphatic carbocycles. The van der Waals surface area contributed by atoms with Crippen molar-refractivity contribution in [2.24, 2.45) is 0 Å². The molecular weight excluding hydrogens is 368 g/mol. The molecule has 0 radical (unpaired) electrons. The Hall–Kier alpha value is -2.87. The van der Waals surface area contributed by atoms with Crippen LogP contribution in [0.3, 0.4) is 0 Å². The van der Waals surface area contributed by atoms with Crippen molar-refractivity contribution in [1.29, 1.82) is 0 Å². The molecule has 0 saturated carbocycles. The molecule has 142 valence electrons. The molecule has 2 aromatic rings. The molecule has 1 amide bonds. The summed E-state index contributed by atoms with van der Waals surface area (Å²) in [5, 5.41) is 9.31. The van der Waals surface area contributed by atoms with Gasteiger partial charge in [-0.1, -0.05) is 18.2 Å². The summed E-state index contributed by atoms with van der Waals surface area (Å²) < 4.78 is 27.4. The highest BCUT2D eigenvalue weighted by atomic mass is 32.2. The van der Waals surface area contributed by atoms with Crippen LogP contribution in [0.15, 0.2) is 59.5 Å². The van der Waals surface area contributed by atoms with E-state index < -0.39 is 27.9 Å².